The summed E-state index contributed by atoms with van der Waals surface area (Å²) in [6, 6.07) is 5.17. The second-order valence-electron chi connectivity index (χ2n) is 9.74. The standard InChI is InChI=1S/2C11H24N2S.C8H6O6/c2*1-2-3-4-5-6-7-8-9-10-14-11(12)13;9-7(13-11)5-3-1-2-4-6(5)8(10)14-12/h2*2-10H2,1H3,(H3,12,13);1-4,11-12H. The SMILES string of the molecule is CCCCCCCCCCSC(N)=[NH2+].CCCCCCCCCCSC(N)=[NH2+].O=C(O[O-])c1ccccc1C(=O)O[O-]. The van der Waals surface area contributed by atoms with Crippen LogP contribution in [0.3, 0.4) is 0 Å². The lowest BCUT2D eigenvalue weighted by molar-refractivity contribution is -0.654. The molecule has 8 N–H and O–H groups in total. The van der Waals surface area contributed by atoms with Crippen LogP contribution in [0.1, 0.15) is 137 Å². The quantitative estimate of drug-likeness (QED) is 0.0545. The van der Waals surface area contributed by atoms with E-state index in [9.17, 15) is 20.1 Å². The van der Waals surface area contributed by atoms with Crippen LogP contribution in [-0.2, 0) is 9.78 Å². The topological polar surface area (TPSA) is 202 Å². The molecular weight excluding hydrogens is 576 g/mol. The Hall–Kier alpha value is -2.28. The van der Waals surface area contributed by atoms with E-state index in [-0.39, 0.29) is 11.1 Å². The second kappa shape index (κ2) is 31.7. The number of rotatable bonds is 20. The van der Waals surface area contributed by atoms with E-state index in [1.54, 1.807) is 23.5 Å². The molecule has 0 unspecified atom stereocenters. The first kappa shape index (κ1) is 41.9. The Balaban J connectivity index is 0. The van der Waals surface area contributed by atoms with Gasteiger partial charge < -0.3 is 20.3 Å². The van der Waals surface area contributed by atoms with Gasteiger partial charge in [-0.2, -0.15) is 0 Å². The molecule has 1 rings (SSSR count). The Bertz CT molecular complexity index is 779. The molecule has 0 atom stereocenters. The van der Waals surface area contributed by atoms with Crippen LogP contribution in [0.5, 0.6) is 0 Å². The summed E-state index contributed by atoms with van der Waals surface area (Å²) >= 11 is 3.15. The number of nitrogens with two attached hydrogens (primary N) is 4. The van der Waals surface area contributed by atoms with Crippen molar-refractivity contribution in [3.8, 4) is 0 Å². The van der Waals surface area contributed by atoms with Crippen LogP contribution in [0.15, 0.2) is 24.3 Å². The third kappa shape index (κ3) is 27.9. The number of carbonyl (C=O) groups excluding carboxylic acids is 2. The largest absolute Gasteiger partial charge is 0.661 e. The van der Waals surface area contributed by atoms with Crippen LogP contribution in [0.25, 0.3) is 0 Å². The van der Waals surface area contributed by atoms with Crippen LogP contribution in [-0.4, -0.2) is 33.8 Å². The summed E-state index contributed by atoms with van der Waals surface area (Å²) in [7, 11) is 0. The number of amidine groups is 2. The smallest absolute Gasteiger partial charge is 0.333 e. The molecule has 0 saturated heterocycles. The first-order chi connectivity index (χ1) is 20.2. The van der Waals surface area contributed by atoms with Crippen LogP contribution < -0.4 is 32.8 Å². The van der Waals surface area contributed by atoms with E-state index in [0.717, 1.165) is 11.5 Å². The van der Waals surface area contributed by atoms with Crippen molar-refractivity contribution >= 4 is 45.8 Å². The van der Waals surface area contributed by atoms with Gasteiger partial charge in [-0.15, -0.1) is 0 Å². The van der Waals surface area contributed by atoms with Crippen molar-refractivity contribution in [2.45, 2.75) is 117 Å². The molecule has 0 fully saturated rings. The molecule has 0 heterocycles. The molecule has 42 heavy (non-hydrogen) atoms. The summed E-state index contributed by atoms with van der Waals surface area (Å²) in [6.07, 6.45) is 21.8. The molecule has 0 aromatic heterocycles. The van der Waals surface area contributed by atoms with Gasteiger partial charge in [-0.3, -0.25) is 22.3 Å². The van der Waals surface area contributed by atoms with Crippen molar-refractivity contribution < 1.29 is 40.7 Å². The van der Waals surface area contributed by atoms with E-state index in [1.165, 1.54) is 127 Å². The van der Waals surface area contributed by atoms with Crippen molar-refractivity contribution in [3.63, 3.8) is 0 Å². The highest BCUT2D eigenvalue weighted by Gasteiger charge is 2.15. The van der Waals surface area contributed by atoms with Gasteiger partial charge in [0.25, 0.3) is 10.3 Å². The molecule has 1 aromatic rings. The molecule has 0 aliphatic heterocycles. The zero-order valence-corrected chi connectivity index (χ0v) is 27.2. The Kier molecular flexibility index (Phi) is 31.5. The summed E-state index contributed by atoms with van der Waals surface area (Å²) in [4.78, 5) is 28.0. The van der Waals surface area contributed by atoms with Gasteiger partial charge in [0.1, 0.15) is 0 Å². The maximum absolute atomic E-state index is 10.8. The highest BCUT2D eigenvalue weighted by Crippen LogP contribution is 2.12. The summed E-state index contributed by atoms with van der Waals surface area (Å²) in [5, 5.41) is 31.3. The lowest BCUT2D eigenvalue weighted by Crippen LogP contribution is -2.43. The number of thioether (sulfide) groups is 2. The van der Waals surface area contributed by atoms with Gasteiger partial charge in [0.05, 0.1) is 11.1 Å². The summed E-state index contributed by atoms with van der Waals surface area (Å²) in [6.45, 7) is 4.51. The molecule has 0 aliphatic carbocycles. The molecule has 0 bridgehead atoms. The van der Waals surface area contributed by atoms with Gasteiger partial charge in [-0.25, -0.2) is 9.59 Å². The van der Waals surface area contributed by atoms with E-state index >= 15 is 0 Å². The van der Waals surface area contributed by atoms with E-state index in [4.69, 9.17) is 22.3 Å². The molecule has 242 valence electrons. The van der Waals surface area contributed by atoms with Crippen LogP contribution in [0.2, 0.25) is 0 Å². The minimum absolute atomic E-state index is 0.302. The minimum Gasteiger partial charge on any atom is -0.661 e. The van der Waals surface area contributed by atoms with Crippen LogP contribution >= 0.6 is 23.5 Å². The monoisotopic (exact) mass is 630 g/mol. The lowest BCUT2D eigenvalue weighted by atomic mass is 10.1. The van der Waals surface area contributed by atoms with Crippen molar-refractivity contribution in [1.29, 1.82) is 0 Å². The lowest BCUT2D eigenvalue weighted by Gasteiger charge is -2.11. The molecule has 10 nitrogen and oxygen atoms in total. The average molecular weight is 631 g/mol. The maximum Gasteiger partial charge on any atom is 0.333 e. The molecule has 0 aliphatic rings. The van der Waals surface area contributed by atoms with Gasteiger partial charge in [0.15, 0.2) is 0 Å². The summed E-state index contributed by atoms with van der Waals surface area (Å²) in [5.41, 5.74) is 10.1. The highest BCUT2D eigenvalue weighted by molar-refractivity contribution is 8.13. The molecule has 0 amide bonds. The Morgan fingerprint density at radius 2 is 0.905 bits per heavy atom. The molecular formula is C30H54N4O6S2. The minimum atomic E-state index is -1.24. The van der Waals surface area contributed by atoms with Crippen molar-refractivity contribution in [1.82, 2.24) is 0 Å². The van der Waals surface area contributed by atoms with E-state index in [0.29, 0.717) is 10.3 Å². The maximum atomic E-state index is 10.8. The van der Waals surface area contributed by atoms with Crippen LogP contribution in [0.4, 0.5) is 0 Å². The predicted molar refractivity (Wildman–Crippen MR) is 170 cm³/mol. The summed E-state index contributed by atoms with van der Waals surface area (Å²) in [5.74, 6) is -0.328. The zero-order valence-electron chi connectivity index (χ0n) is 25.6. The highest BCUT2D eigenvalue weighted by atomic mass is 32.2. The first-order valence-electron chi connectivity index (χ1n) is 15.0. The zero-order chi connectivity index (χ0) is 31.8. The normalized spacial score (nSPS) is 10.0. The number of unbranched alkanes of at least 4 members (excludes halogenated alkanes) is 14. The van der Waals surface area contributed by atoms with Gasteiger partial charge in [-0.1, -0.05) is 116 Å². The van der Waals surface area contributed by atoms with Crippen molar-refractivity contribution in [2.24, 2.45) is 11.5 Å². The van der Waals surface area contributed by atoms with Crippen molar-refractivity contribution in [2.75, 3.05) is 11.5 Å². The van der Waals surface area contributed by atoms with Gasteiger partial charge in [-0.05, 0) is 48.5 Å². The Labute approximate surface area is 260 Å². The van der Waals surface area contributed by atoms with Crippen molar-refractivity contribution in [3.05, 3.63) is 35.4 Å². The third-order valence-electron chi connectivity index (χ3n) is 6.05. The number of carbonyl (C=O) groups is 2. The Morgan fingerprint density at radius 3 is 1.17 bits per heavy atom. The third-order valence-corrected chi connectivity index (χ3v) is 7.70. The molecule has 0 saturated carbocycles. The molecule has 1 aromatic carbocycles. The molecule has 0 spiro atoms. The summed E-state index contributed by atoms with van der Waals surface area (Å²) < 4.78 is 0. The van der Waals surface area contributed by atoms with Gasteiger partial charge in [0.2, 0.25) is 0 Å². The van der Waals surface area contributed by atoms with Gasteiger partial charge >= 0.3 is 11.9 Å². The van der Waals surface area contributed by atoms with E-state index in [1.807, 2.05) is 0 Å². The van der Waals surface area contributed by atoms with Gasteiger partial charge in [0, 0.05) is 11.5 Å². The number of hydrogen-bond donors (Lipinski definition) is 4. The fourth-order valence-corrected chi connectivity index (χ4v) is 4.95. The van der Waals surface area contributed by atoms with E-state index < -0.39 is 11.9 Å². The second-order valence-corrected chi connectivity index (χ2v) is 12.1. The average Bonchev–Trinajstić information content (AvgIpc) is 2.99. The fraction of sp³-hybridized carbons (Fsp3) is 0.667. The Morgan fingerprint density at radius 1 is 0.619 bits per heavy atom. The van der Waals surface area contributed by atoms with Crippen LogP contribution in [0, 0.1) is 0 Å². The first-order valence-corrected chi connectivity index (χ1v) is 17.0. The number of hydrogen-bond acceptors (Lipinski definition) is 8. The predicted octanol–water partition coefficient (Wildman–Crippen LogP) is 2.42. The molecule has 0 radical (unpaired) electrons. The molecule has 12 heteroatoms. The number of benzene rings is 1. The van der Waals surface area contributed by atoms with E-state index in [2.05, 4.69) is 23.6 Å². The fourth-order valence-electron chi connectivity index (χ4n) is 3.78.